The molecular weight excluding hydrogens is 644 g/mol. The summed E-state index contributed by atoms with van der Waals surface area (Å²) in [5.41, 5.74) is 6.50. The van der Waals surface area contributed by atoms with Gasteiger partial charge in [0.2, 0.25) is 0 Å². The lowest BCUT2D eigenvalue weighted by atomic mass is 10.1. The van der Waals surface area contributed by atoms with Gasteiger partial charge < -0.3 is 45.4 Å². The van der Waals surface area contributed by atoms with Crippen LogP contribution in [0.1, 0.15) is 22.8 Å². The third-order valence-electron chi connectivity index (χ3n) is 6.93. The maximum atomic E-state index is 12.4. The Morgan fingerprint density at radius 1 is 0.911 bits per heavy atom. The number of carbonyl (C=O) groups excluding carboxylic acids is 1. The van der Waals surface area contributed by atoms with Crippen molar-refractivity contribution in [2.24, 2.45) is 5.73 Å². The zero-order valence-corrected chi connectivity index (χ0v) is 24.8. The summed E-state index contributed by atoms with van der Waals surface area (Å²) in [6.07, 6.45) is -7.59. The lowest BCUT2D eigenvalue weighted by molar-refractivity contribution is -0.765. The Labute approximate surface area is 254 Å². The monoisotopic (exact) mass is 674 g/mol. The molecule has 45 heavy (non-hydrogen) atoms. The van der Waals surface area contributed by atoms with Crippen molar-refractivity contribution in [3.63, 3.8) is 0 Å². The Hall–Kier alpha value is -3.00. The molecule has 0 saturated carbocycles. The molecular formula is C24H30N5O14P2+. The van der Waals surface area contributed by atoms with Crippen LogP contribution < -0.4 is 10.3 Å². The van der Waals surface area contributed by atoms with Gasteiger partial charge in [0.1, 0.15) is 41.8 Å². The Morgan fingerprint density at radius 3 is 2.18 bits per heavy atom. The summed E-state index contributed by atoms with van der Waals surface area (Å²) in [5.74, 6) is -0.760. The molecule has 2 unspecified atom stereocenters. The summed E-state index contributed by atoms with van der Waals surface area (Å²) in [5, 5.41) is 49.5. The van der Waals surface area contributed by atoms with Crippen molar-refractivity contribution in [1.29, 1.82) is 0 Å². The second-order valence-electron chi connectivity index (χ2n) is 10.1. The van der Waals surface area contributed by atoms with Gasteiger partial charge in [-0.2, -0.15) is 8.88 Å². The van der Waals surface area contributed by atoms with Gasteiger partial charge in [-0.15, -0.1) is 5.10 Å². The molecule has 2 saturated heterocycles. The van der Waals surface area contributed by atoms with Crippen LogP contribution >= 0.6 is 15.6 Å². The number of carbonyl (C=O) groups is 1. The molecule has 2 aromatic heterocycles. The minimum atomic E-state index is -5.35. The van der Waals surface area contributed by atoms with Gasteiger partial charge in [0.05, 0.1) is 19.4 Å². The lowest BCUT2D eigenvalue weighted by Crippen LogP contribution is -2.46. The second kappa shape index (κ2) is 13.4. The number of primary amides is 1. The number of rotatable bonds is 12. The van der Waals surface area contributed by atoms with Crippen molar-refractivity contribution in [2.75, 3.05) is 13.2 Å². The summed E-state index contributed by atoms with van der Waals surface area (Å²) in [6, 6.07) is 11.8. The smallest absolute Gasteiger partial charge is 0.387 e. The van der Waals surface area contributed by atoms with E-state index < -0.39 is 83.8 Å². The van der Waals surface area contributed by atoms with Crippen LogP contribution in [-0.4, -0.2) is 101 Å². The lowest BCUT2D eigenvalue weighted by Gasteiger charge is -2.20. The minimum Gasteiger partial charge on any atom is -0.387 e. The Morgan fingerprint density at radius 2 is 1.53 bits per heavy atom. The van der Waals surface area contributed by atoms with E-state index in [4.69, 9.17) is 24.3 Å². The van der Waals surface area contributed by atoms with E-state index >= 15 is 0 Å². The third-order valence-corrected chi connectivity index (χ3v) is 9.53. The Bertz CT molecular complexity index is 1600. The molecule has 1 aromatic carbocycles. The summed E-state index contributed by atoms with van der Waals surface area (Å²) >= 11 is 0. The molecule has 0 spiro atoms. The van der Waals surface area contributed by atoms with Gasteiger partial charge in [-0.1, -0.05) is 35.5 Å². The predicted octanol–water partition coefficient (Wildman–Crippen LogP) is -1.48. The zero-order chi connectivity index (χ0) is 32.5. The Balaban J connectivity index is 1.14. The van der Waals surface area contributed by atoms with E-state index in [1.54, 1.807) is 24.3 Å². The van der Waals surface area contributed by atoms with Crippen molar-refractivity contribution in [2.45, 2.75) is 49.1 Å². The SMILES string of the molecule is NC(=O)c1ccc[n+]([C@@H]2O[C@H](COP(=O)(O)OP(=O)(O)OC[C@@H]3O[C@H](n4cc(-c5ccccc5)nn4)[C@@H](O)[C@H]3O)[C@@H](O)[C@H]2O)c1. The molecule has 0 bridgehead atoms. The minimum absolute atomic E-state index is 0.0746. The number of aliphatic hydroxyl groups is 4. The van der Waals surface area contributed by atoms with Gasteiger partial charge in [-0.25, -0.2) is 13.8 Å². The van der Waals surface area contributed by atoms with E-state index in [2.05, 4.69) is 14.6 Å². The van der Waals surface area contributed by atoms with E-state index in [0.717, 1.165) is 10.2 Å². The molecule has 2 fully saturated rings. The first-order valence-corrected chi connectivity index (χ1v) is 16.2. The number of aliphatic hydroxyl groups excluding tert-OH is 4. The van der Waals surface area contributed by atoms with Crippen molar-refractivity contribution in [3.8, 4) is 11.3 Å². The standard InChI is InChI=1S/C24H29N5O14P2/c25-22(34)14-7-4-8-28(9-14)23-20(32)18(30)16(41-23)11-39-44(35,36)43-45(37,38)40-12-17-19(31)21(33)24(42-17)29-10-15(26-27-29)13-5-2-1-3-6-13/h1-10,16-21,23-24,30-33H,11-12H2,(H3-,25,34,35,36,37,38)/p+1/t16-,17+,18-,19+,20-,21+,23-,24+/m1/s1. The normalized spacial score (nSPS) is 31.0. The van der Waals surface area contributed by atoms with Gasteiger partial charge in [0.15, 0.2) is 24.7 Å². The van der Waals surface area contributed by atoms with Crippen LogP contribution in [0.3, 0.4) is 0 Å². The van der Waals surface area contributed by atoms with E-state index in [1.165, 1.54) is 35.3 Å². The number of hydrogen-bond acceptors (Lipinski definition) is 14. The number of aromatic nitrogens is 4. The molecule has 4 heterocycles. The van der Waals surface area contributed by atoms with Crippen LogP contribution in [-0.2, 0) is 32.0 Å². The molecule has 19 nitrogen and oxygen atoms in total. The first-order chi connectivity index (χ1) is 21.2. The average molecular weight is 674 g/mol. The molecule has 21 heteroatoms. The number of hydrogen-bond donors (Lipinski definition) is 7. The topological polar surface area (TPSA) is 279 Å². The fourth-order valence-corrected chi connectivity index (χ4v) is 6.74. The predicted molar refractivity (Wildman–Crippen MR) is 145 cm³/mol. The number of phosphoric acid groups is 2. The highest BCUT2D eigenvalue weighted by atomic mass is 31.3. The quantitative estimate of drug-likeness (QED) is 0.0852. The van der Waals surface area contributed by atoms with Gasteiger partial charge in [0, 0.05) is 11.6 Å². The molecule has 0 radical (unpaired) electrons. The van der Waals surface area contributed by atoms with Crippen LogP contribution in [0.4, 0.5) is 0 Å². The van der Waals surface area contributed by atoms with Gasteiger partial charge in [0.25, 0.3) is 12.1 Å². The van der Waals surface area contributed by atoms with Crippen LogP contribution in [0.15, 0.2) is 61.1 Å². The molecule has 1 amide bonds. The van der Waals surface area contributed by atoms with Gasteiger partial charge >= 0.3 is 15.6 Å². The number of nitrogens with zero attached hydrogens (tertiary/aromatic N) is 4. The maximum absolute atomic E-state index is 12.4. The van der Waals surface area contributed by atoms with Crippen LogP contribution in [0.25, 0.3) is 11.3 Å². The maximum Gasteiger partial charge on any atom is 0.481 e. The highest BCUT2D eigenvalue weighted by Crippen LogP contribution is 2.60. The van der Waals surface area contributed by atoms with Crippen LogP contribution in [0.2, 0.25) is 0 Å². The average Bonchev–Trinajstić information content (AvgIpc) is 3.68. The molecule has 5 rings (SSSR count). The summed E-state index contributed by atoms with van der Waals surface area (Å²) in [7, 11) is -10.7. The summed E-state index contributed by atoms with van der Waals surface area (Å²) < 4.78 is 52.0. The molecule has 3 aromatic rings. The highest BCUT2D eigenvalue weighted by Gasteiger charge is 2.50. The molecule has 0 aliphatic carbocycles. The second-order valence-corrected chi connectivity index (χ2v) is 13.1. The molecule has 244 valence electrons. The van der Waals surface area contributed by atoms with Gasteiger partial charge in [-0.05, 0) is 6.07 Å². The number of nitrogens with two attached hydrogens (primary N) is 1. The van der Waals surface area contributed by atoms with Crippen molar-refractivity contribution in [1.82, 2.24) is 15.0 Å². The molecule has 2 aliphatic rings. The molecule has 2 aliphatic heterocycles. The first kappa shape index (κ1) is 33.4. The summed E-state index contributed by atoms with van der Waals surface area (Å²) in [4.78, 5) is 31.5. The first-order valence-electron chi connectivity index (χ1n) is 13.2. The van der Waals surface area contributed by atoms with E-state index in [1.807, 2.05) is 6.07 Å². The number of phosphoric ester groups is 2. The zero-order valence-electron chi connectivity index (χ0n) is 23.0. The van der Waals surface area contributed by atoms with Crippen LogP contribution in [0.5, 0.6) is 0 Å². The fourth-order valence-electron chi connectivity index (χ4n) is 4.65. The number of pyridine rings is 1. The van der Waals surface area contributed by atoms with Gasteiger partial charge in [-0.3, -0.25) is 13.8 Å². The molecule has 8 N–H and O–H groups in total. The Kier molecular flexibility index (Phi) is 9.93. The van der Waals surface area contributed by atoms with Crippen molar-refractivity contribution in [3.05, 3.63) is 66.6 Å². The summed E-state index contributed by atoms with van der Waals surface area (Å²) in [6.45, 7) is -1.76. The molecule has 10 atom stereocenters. The van der Waals surface area contributed by atoms with E-state index in [-0.39, 0.29) is 5.56 Å². The highest BCUT2D eigenvalue weighted by molar-refractivity contribution is 7.61. The van der Waals surface area contributed by atoms with E-state index in [0.29, 0.717) is 5.69 Å². The van der Waals surface area contributed by atoms with Crippen LogP contribution in [0, 0.1) is 0 Å². The largest absolute Gasteiger partial charge is 0.481 e. The van der Waals surface area contributed by atoms with E-state index in [9.17, 15) is 44.1 Å². The van der Waals surface area contributed by atoms with Crippen molar-refractivity contribution < 1.29 is 71.5 Å². The number of benzene rings is 1. The fraction of sp³-hybridized carbons (Fsp3) is 0.417. The van der Waals surface area contributed by atoms with Crippen molar-refractivity contribution >= 4 is 21.6 Å². The number of ether oxygens (including phenoxy) is 2. The number of amides is 1. The third kappa shape index (κ3) is 7.70.